The zero-order valence-corrected chi connectivity index (χ0v) is 25.2. The third kappa shape index (κ3) is 8.40. The molecule has 38 heavy (non-hydrogen) atoms. The van der Waals surface area contributed by atoms with Crippen LogP contribution in [0.1, 0.15) is 44.5 Å². The first-order valence-electron chi connectivity index (χ1n) is 12.4. The molecule has 9 heteroatoms. The van der Waals surface area contributed by atoms with Crippen LogP contribution in [-0.4, -0.2) is 60.8 Å². The summed E-state index contributed by atoms with van der Waals surface area (Å²) in [5, 5.41) is 17.1. The third-order valence-electron chi connectivity index (χ3n) is 5.96. The van der Waals surface area contributed by atoms with Crippen molar-refractivity contribution < 1.29 is 49.3 Å². The summed E-state index contributed by atoms with van der Waals surface area (Å²) in [7, 11) is 6.52. The molecular weight excluding hydrogens is 665 g/mol. The molecule has 0 bridgehead atoms. The van der Waals surface area contributed by atoms with E-state index in [9.17, 15) is 0 Å². The summed E-state index contributed by atoms with van der Waals surface area (Å²) in [6.45, 7) is 3.32. The number of rotatable bonds is 8. The number of ether oxygens (including phenoxy) is 4. The molecule has 0 spiro atoms. The Balaban J connectivity index is 0.000000561. The van der Waals surface area contributed by atoms with Crippen molar-refractivity contribution >= 4 is 0 Å². The number of hydrogen-bond donors (Lipinski definition) is 2. The quantitative estimate of drug-likeness (QED) is 0.328. The van der Waals surface area contributed by atoms with E-state index in [1.165, 1.54) is 0 Å². The van der Waals surface area contributed by atoms with Gasteiger partial charge in [-0.1, -0.05) is 12.1 Å². The summed E-state index contributed by atoms with van der Waals surface area (Å²) < 4.78 is 21.8. The van der Waals surface area contributed by atoms with Gasteiger partial charge in [0.05, 0.1) is 57.7 Å². The van der Waals surface area contributed by atoms with Crippen LogP contribution in [0.4, 0.5) is 0 Å². The molecule has 3 aromatic rings. The van der Waals surface area contributed by atoms with Gasteiger partial charge in [0.1, 0.15) is 11.5 Å². The van der Waals surface area contributed by atoms with Crippen LogP contribution in [0.2, 0.25) is 0 Å². The minimum Gasteiger partial charge on any atom is -0.516 e. The summed E-state index contributed by atoms with van der Waals surface area (Å²) in [5.41, 5.74) is 5.24. The topological polar surface area (TPSA) is 103 Å². The van der Waals surface area contributed by atoms with Crippen LogP contribution in [0.25, 0.3) is 22.5 Å². The van der Waals surface area contributed by atoms with Crippen molar-refractivity contribution in [3.63, 3.8) is 0 Å². The fraction of sp³-hybridized carbons (Fsp3) is 0.448. The van der Waals surface area contributed by atoms with E-state index < -0.39 is 0 Å². The molecule has 209 valence electrons. The molecule has 1 aliphatic rings. The van der Waals surface area contributed by atoms with Gasteiger partial charge in [0.2, 0.25) is 0 Å². The van der Waals surface area contributed by atoms with Gasteiger partial charge < -0.3 is 29.2 Å². The standard InChI is InChI=1S/C24H25N2O4.C5H12O2.Ir/c1-27-17-9-15(10-18(13-17)28-2)23-24(26-22-8-6-5-7-21(22)25-23)16-11-19(29-3)14-20(12-16)30-4;1-4(6)3-5(2)7;/h9-11,13-14H,5-8H2,1-4H3;4-7H,3H2,1-2H3;/q-1;;. The van der Waals surface area contributed by atoms with Crippen molar-refractivity contribution in [3.8, 4) is 45.5 Å². The first-order chi connectivity index (χ1) is 17.8. The van der Waals surface area contributed by atoms with Gasteiger partial charge in [0, 0.05) is 48.9 Å². The Kier molecular flexibility index (Phi) is 12.5. The molecule has 1 aliphatic carbocycles. The predicted octanol–water partition coefficient (Wildman–Crippen LogP) is 4.66. The Bertz CT molecular complexity index is 1050. The van der Waals surface area contributed by atoms with Gasteiger partial charge in [-0.3, -0.25) is 9.97 Å². The summed E-state index contributed by atoms with van der Waals surface area (Å²) in [6, 6.07) is 12.7. The second-order valence-electron chi connectivity index (χ2n) is 9.06. The monoisotopic (exact) mass is 702 g/mol. The molecule has 0 saturated heterocycles. The first-order valence-corrected chi connectivity index (χ1v) is 12.4. The fourth-order valence-electron chi connectivity index (χ4n) is 4.19. The van der Waals surface area contributed by atoms with Gasteiger partial charge in [0.15, 0.2) is 0 Å². The maximum atomic E-state index is 8.56. The SMILES string of the molecule is CC(O)CC(C)O.COc1[c-]c(-c2nc3c(nc2-c2cc(OC)cc(OC)c2)CCCC3)cc(OC)c1.[Ir]. The smallest absolute Gasteiger partial charge is 0.123 e. The molecule has 4 rings (SSSR count). The van der Waals surface area contributed by atoms with Gasteiger partial charge in [0.25, 0.3) is 0 Å². The Morgan fingerprint density at radius 2 is 1.24 bits per heavy atom. The zero-order valence-electron chi connectivity index (χ0n) is 22.8. The van der Waals surface area contributed by atoms with Crippen LogP contribution in [0.15, 0.2) is 30.3 Å². The van der Waals surface area contributed by atoms with Crippen LogP contribution in [0.5, 0.6) is 23.0 Å². The third-order valence-corrected chi connectivity index (χ3v) is 5.96. The average molecular weight is 702 g/mol. The van der Waals surface area contributed by atoms with Crippen LogP contribution < -0.4 is 18.9 Å². The Morgan fingerprint density at radius 3 is 1.68 bits per heavy atom. The molecule has 0 amide bonds. The predicted molar refractivity (Wildman–Crippen MR) is 143 cm³/mol. The van der Waals surface area contributed by atoms with Gasteiger partial charge in [-0.05, 0) is 58.1 Å². The van der Waals surface area contributed by atoms with Crippen LogP contribution >= 0.6 is 0 Å². The van der Waals surface area contributed by atoms with Crippen molar-refractivity contribution in [2.24, 2.45) is 0 Å². The van der Waals surface area contributed by atoms with Gasteiger partial charge >= 0.3 is 0 Å². The molecule has 2 N–H and O–H groups in total. The molecule has 8 nitrogen and oxygen atoms in total. The maximum Gasteiger partial charge on any atom is 0.123 e. The number of nitrogens with zero attached hydrogens (tertiary/aromatic N) is 2. The van der Waals surface area contributed by atoms with E-state index in [1.807, 2.05) is 24.3 Å². The molecule has 2 aromatic carbocycles. The van der Waals surface area contributed by atoms with Crippen molar-refractivity contribution in [1.29, 1.82) is 0 Å². The molecule has 0 saturated carbocycles. The van der Waals surface area contributed by atoms with Crippen LogP contribution in [0.3, 0.4) is 0 Å². The largest absolute Gasteiger partial charge is 0.516 e. The second kappa shape index (κ2) is 15.0. The van der Waals surface area contributed by atoms with Crippen molar-refractivity contribution in [2.75, 3.05) is 28.4 Å². The summed E-state index contributed by atoms with van der Waals surface area (Å²) >= 11 is 0. The molecule has 2 atom stereocenters. The van der Waals surface area contributed by atoms with E-state index in [0.29, 0.717) is 29.4 Å². The number of fused-ring (bicyclic) bond motifs is 1. The first kappa shape index (κ1) is 31.5. The summed E-state index contributed by atoms with van der Waals surface area (Å²) in [5.74, 6) is 2.65. The van der Waals surface area contributed by atoms with Crippen molar-refractivity contribution in [3.05, 3.63) is 47.8 Å². The number of aryl methyl sites for hydroxylation is 2. The molecule has 1 aromatic heterocycles. The number of aliphatic hydroxyl groups is 2. The number of aliphatic hydroxyl groups excluding tert-OH is 2. The minimum absolute atomic E-state index is 0. The van der Waals surface area contributed by atoms with E-state index in [1.54, 1.807) is 48.4 Å². The van der Waals surface area contributed by atoms with E-state index in [2.05, 4.69) is 6.07 Å². The van der Waals surface area contributed by atoms with Crippen LogP contribution in [0, 0.1) is 6.07 Å². The molecule has 1 heterocycles. The Labute approximate surface area is 238 Å². The molecule has 2 unspecified atom stereocenters. The van der Waals surface area contributed by atoms with Gasteiger partial charge in [-0.2, -0.15) is 0 Å². The Hall–Kier alpha value is -2.71. The summed E-state index contributed by atoms with van der Waals surface area (Å²) in [6.07, 6.45) is 3.83. The molecule has 0 aliphatic heterocycles. The number of methoxy groups -OCH3 is 4. The van der Waals surface area contributed by atoms with Gasteiger partial charge in [-0.25, -0.2) is 0 Å². The van der Waals surface area contributed by atoms with Gasteiger partial charge in [-0.15, -0.1) is 11.6 Å². The Morgan fingerprint density at radius 1 is 0.737 bits per heavy atom. The second-order valence-corrected chi connectivity index (χ2v) is 9.06. The summed E-state index contributed by atoms with van der Waals surface area (Å²) in [4.78, 5) is 10.1. The normalized spacial score (nSPS) is 13.6. The number of benzene rings is 2. The fourth-order valence-corrected chi connectivity index (χ4v) is 4.19. The van der Waals surface area contributed by atoms with Crippen molar-refractivity contribution in [1.82, 2.24) is 9.97 Å². The molecule has 0 fully saturated rings. The molecular formula is C29H37IrN2O6-. The van der Waals surface area contributed by atoms with E-state index in [-0.39, 0.29) is 32.3 Å². The minimum atomic E-state index is -0.375. The van der Waals surface area contributed by atoms with E-state index >= 15 is 0 Å². The van der Waals surface area contributed by atoms with Crippen LogP contribution in [-0.2, 0) is 32.9 Å². The molecule has 1 radical (unpaired) electrons. The van der Waals surface area contributed by atoms with E-state index in [4.69, 9.17) is 39.1 Å². The maximum absolute atomic E-state index is 8.56. The zero-order chi connectivity index (χ0) is 26.9. The van der Waals surface area contributed by atoms with Crippen molar-refractivity contribution in [2.45, 2.75) is 58.2 Å². The number of aromatic nitrogens is 2. The average Bonchev–Trinajstić information content (AvgIpc) is 2.91. The number of hydrogen-bond acceptors (Lipinski definition) is 8. The van der Waals surface area contributed by atoms with E-state index in [0.717, 1.165) is 59.6 Å².